The number of benzene rings is 3. The highest BCUT2D eigenvalue weighted by Gasteiger charge is 2.52. The average molecular weight is 530 g/mol. The zero-order chi connectivity index (χ0) is 26.9. The van der Waals surface area contributed by atoms with Crippen LogP contribution in [0.25, 0.3) is 33.0 Å². The van der Waals surface area contributed by atoms with E-state index in [0.29, 0.717) is 11.8 Å². The van der Waals surface area contributed by atoms with E-state index in [-0.39, 0.29) is 18.3 Å². The normalized spacial score (nSPS) is 22.6. The van der Waals surface area contributed by atoms with Gasteiger partial charge in [-0.05, 0) is 73.5 Å². The number of hydrogen-bond acceptors (Lipinski definition) is 4. The van der Waals surface area contributed by atoms with Crippen LogP contribution in [0, 0.1) is 5.92 Å². The number of allylic oxidation sites excluding steroid dienone is 4. The molecule has 2 aliphatic heterocycles. The SMILES string of the molecule is CC1C=C(B2OC(C)(C)C(C)(C)O2)C=CC1c1ccc(-c2ccc3c4c(cncc24)-c2ccccc2S3)cc1. The molecule has 0 N–H and O–H groups in total. The van der Waals surface area contributed by atoms with Crippen LogP contribution < -0.4 is 0 Å². The Hall–Kier alpha value is -3.12. The lowest BCUT2D eigenvalue weighted by Gasteiger charge is -2.32. The van der Waals surface area contributed by atoms with Crippen LogP contribution in [0.15, 0.2) is 107 Å². The summed E-state index contributed by atoms with van der Waals surface area (Å²) in [7, 11) is -0.316. The van der Waals surface area contributed by atoms with Crippen molar-refractivity contribution in [3.05, 3.63) is 102 Å². The first-order valence-electron chi connectivity index (χ1n) is 13.8. The lowest BCUT2D eigenvalue weighted by Crippen LogP contribution is -2.41. The van der Waals surface area contributed by atoms with E-state index < -0.39 is 0 Å². The third kappa shape index (κ3) is 4.02. The molecule has 5 heteroatoms. The molecule has 3 nitrogen and oxygen atoms in total. The summed E-state index contributed by atoms with van der Waals surface area (Å²) in [5, 5.41) is 2.51. The van der Waals surface area contributed by atoms with Crippen LogP contribution in [0.1, 0.15) is 46.1 Å². The highest BCUT2D eigenvalue weighted by molar-refractivity contribution is 7.99. The van der Waals surface area contributed by atoms with Crippen molar-refractivity contribution >= 4 is 29.7 Å². The van der Waals surface area contributed by atoms with Crippen LogP contribution in [0.5, 0.6) is 0 Å². The van der Waals surface area contributed by atoms with E-state index in [2.05, 4.69) is 118 Å². The highest BCUT2D eigenvalue weighted by atomic mass is 32.2. The van der Waals surface area contributed by atoms with Gasteiger partial charge in [0.1, 0.15) is 0 Å². The number of hydrogen-bond donors (Lipinski definition) is 0. The van der Waals surface area contributed by atoms with Gasteiger partial charge in [0.15, 0.2) is 0 Å². The molecule has 1 aliphatic carbocycles. The molecule has 7 rings (SSSR count). The van der Waals surface area contributed by atoms with Crippen molar-refractivity contribution in [1.29, 1.82) is 0 Å². The van der Waals surface area contributed by atoms with E-state index in [1.807, 2.05) is 24.2 Å². The lowest BCUT2D eigenvalue weighted by molar-refractivity contribution is 0.00578. The molecular weight excluding hydrogens is 497 g/mol. The predicted octanol–water partition coefficient (Wildman–Crippen LogP) is 8.88. The monoisotopic (exact) mass is 529 g/mol. The number of fused-ring (bicyclic) bond motifs is 2. The Labute approximate surface area is 235 Å². The van der Waals surface area contributed by atoms with Gasteiger partial charge in [0.25, 0.3) is 0 Å². The average Bonchev–Trinajstić information content (AvgIpc) is 3.15. The van der Waals surface area contributed by atoms with Crippen molar-refractivity contribution in [3.8, 4) is 22.3 Å². The number of pyridine rings is 1. The predicted molar refractivity (Wildman–Crippen MR) is 162 cm³/mol. The van der Waals surface area contributed by atoms with Gasteiger partial charge in [0.05, 0.1) is 11.2 Å². The van der Waals surface area contributed by atoms with E-state index >= 15 is 0 Å². The molecule has 1 fully saturated rings. The molecular formula is C34H32BNO2S. The molecule has 194 valence electrons. The summed E-state index contributed by atoms with van der Waals surface area (Å²) in [5.74, 6) is 0.660. The minimum Gasteiger partial charge on any atom is -0.399 e. The molecule has 2 atom stereocenters. The van der Waals surface area contributed by atoms with Gasteiger partial charge in [0, 0.05) is 44.4 Å². The van der Waals surface area contributed by atoms with E-state index in [1.165, 1.54) is 48.4 Å². The van der Waals surface area contributed by atoms with Gasteiger partial charge in [-0.15, -0.1) is 0 Å². The molecule has 0 bridgehead atoms. The van der Waals surface area contributed by atoms with E-state index in [0.717, 1.165) is 5.47 Å². The smallest absolute Gasteiger partial charge is 0.399 e. The minimum absolute atomic E-state index is 0.316. The van der Waals surface area contributed by atoms with Gasteiger partial charge < -0.3 is 9.31 Å². The van der Waals surface area contributed by atoms with E-state index in [4.69, 9.17) is 9.31 Å². The Morgan fingerprint density at radius 2 is 1.54 bits per heavy atom. The van der Waals surface area contributed by atoms with Crippen molar-refractivity contribution in [3.63, 3.8) is 0 Å². The first-order chi connectivity index (χ1) is 18.7. The first kappa shape index (κ1) is 24.9. The fourth-order valence-electron chi connectivity index (χ4n) is 5.99. The van der Waals surface area contributed by atoms with Crippen LogP contribution in [0.4, 0.5) is 0 Å². The third-order valence-electron chi connectivity index (χ3n) is 8.93. The molecule has 0 spiro atoms. The number of aromatic nitrogens is 1. The van der Waals surface area contributed by atoms with Crippen molar-refractivity contribution in [1.82, 2.24) is 4.98 Å². The second-order valence-electron chi connectivity index (χ2n) is 11.9. The number of nitrogens with zero attached hydrogens (tertiary/aromatic N) is 1. The largest absolute Gasteiger partial charge is 0.494 e. The maximum Gasteiger partial charge on any atom is 0.494 e. The zero-order valence-electron chi connectivity index (χ0n) is 23.1. The van der Waals surface area contributed by atoms with Crippen LogP contribution in [-0.4, -0.2) is 23.3 Å². The van der Waals surface area contributed by atoms with Crippen LogP contribution in [0.3, 0.4) is 0 Å². The summed E-state index contributed by atoms with van der Waals surface area (Å²) in [6, 6.07) is 22.2. The summed E-state index contributed by atoms with van der Waals surface area (Å²) in [4.78, 5) is 7.25. The summed E-state index contributed by atoms with van der Waals surface area (Å²) in [6.45, 7) is 10.7. The standard InChI is InChI=1S/C34H32BNO2S/c1-21-18-24(35-37-33(2,3)34(4,5)38-35)14-15-25(21)22-10-12-23(13-11-22)26-16-17-31-32-28(26)19-36-20-29(32)27-8-6-7-9-30(27)39-31/h6-21,25H,1-5H3. The minimum atomic E-state index is -0.332. The molecule has 0 radical (unpaired) electrons. The second-order valence-corrected chi connectivity index (χ2v) is 13.0. The third-order valence-corrected chi connectivity index (χ3v) is 10.1. The molecule has 0 saturated carbocycles. The van der Waals surface area contributed by atoms with Crippen molar-refractivity contribution < 1.29 is 9.31 Å². The van der Waals surface area contributed by atoms with Crippen LogP contribution >= 0.6 is 11.8 Å². The maximum atomic E-state index is 6.29. The molecule has 1 aromatic heterocycles. The Bertz CT molecular complexity index is 1650. The molecule has 0 amide bonds. The van der Waals surface area contributed by atoms with E-state index in [9.17, 15) is 0 Å². The molecule has 4 aromatic rings. The molecule has 3 aliphatic rings. The highest BCUT2D eigenvalue weighted by Crippen LogP contribution is 2.49. The van der Waals surface area contributed by atoms with Gasteiger partial charge in [0.2, 0.25) is 0 Å². The van der Waals surface area contributed by atoms with Crippen molar-refractivity contribution in [2.45, 2.75) is 61.5 Å². The first-order valence-corrected chi connectivity index (χ1v) is 14.6. The van der Waals surface area contributed by atoms with Crippen LogP contribution in [0.2, 0.25) is 0 Å². The summed E-state index contributed by atoms with van der Waals surface area (Å²) < 4.78 is 12.6. The second kappa shape index (κ2) is 8.95. The summed E-state index contributed by atoms with van der Waals surface area (Å²) >= 11 is 1.85. The van der Waals surface area contributed by atoms with Crippen molar-refractivity contribution in [2.24, 2.45) is 5.92 Å². The van der Waals surface area contributed by atoms with Gasteiger partial charge in [-0.1, -0.05) is 85.4 Å². The summed E-state index contributed by atoms with van der Waals surface area (Å²) in [6.07, 6.45) is 10.8. The Kier molecular flexibility index (Phi) is 5.71. The topological polar surface area (TPSA) is 31.4 Å². The molecule has 3 heterocycles. The Morgan fingerprint density at radius 3 is 2.28 bits per heavy atom. The van der Waals surface area contributed by atoms with Gasteiger partial charge in [-0.2, -0.15) is 0 Å². The molecule has 39 heavy (non-hydrogen) atoms. The number of rotatable bonds is 3. The van der Waals surface area contributed by atoms with Gasteiger partial charge in [-0.25, -0.2) is 0 Å². The lowest BCUT2D eigenvalue weighted by atomic mass is 9.70. The Balaban J connectivity index is 1.17. The van der Waals surface area contributed by atoms with Gasteiger partial charge >= 0.3 is 7.12 Å². The molecule has 1 saturated heterocycles. The van der Waals surface area contributed by atoms with E-state index in [1.54, 1.807) is 0 Å². The van der Waals surface area contributed by atoms with Crippen LogP contribution in [-0.2, 0) is 9.31 Å². The molecule has 2 unspecified atom stereocenters. The zero-order valence-corrected chi connectivity index (χ0v) is 23.9. The fraction of sp³-hybridized carbons (Fsp3) is 0.265. The maximum absolute atomic E-state index is 6.29. The van der Waals surface area contributed by atoms with Crippen molar-refractivity contribution in [2.75, 3.05) is 0 Å². The fourth-order valence-corrected chi connectivity index (χ4v) is 7.12. The summed E-state index contributed by atoms with van der Waals surface area (Å²) in [5.41, 5.74) is 6.71. The Morgan fingerprint density at radius 1 is 0.795 bits per heavy atom. The van der Waals surface area contributed by atoms with Gasteiger partial charge in [-0.3, -0.25) is 4.98 Å². The molecule has 3 aromatic carbocycles. The quantitative estimate of drug-likeness (QED) is 0.219.